The first-order valence-corrected chi connectivity index (χ1v) is 9.08. The third-order valence-corrected chi connectivity index (χ3v) is 4.30. The number of furan rings is 1. The minimum atomic E-state index is -0.753. The second kappa shape index (κ2) is 8.50. The number of hydrogen-bond donors (Lipinski definition) is 1. The number of esters is 1. The van der Waals surface area contributed by atoms with Crippen LogP contribution in [-0.2, 0) is 9.53 Å². The smallest absolute Gasteiger partial charge is 0.375 e. The molecule has 0 aliphatic rings. The Balaban J connectivity index is 1.67. The Labute approximate surface area is 170 Å². The summed E-state index contributed by atoms with van der Waals surface area (Å²) in [6.45, 7) is 3.61. The highest BCUT2D eigenvalue weighted by Crippen LogP contribution is 2.29. The number of nitrogens with one attached hydrogen (secondary N) is 1. The van der Waals surface area contributed by atoms with Crippen LogP contribution in [0.4, 0.5) is 5.82 Å². The van der Waals surface area contributed by atoms with Crippen molar-refractivity contribution in [2.45, 2.75) is 13.8 Å². The molecule has 3 rings (SSSR count). The number of ether oxygens (including phenoxy) is 2. The second-order valence-corrected chi connectivity index (χ2v) is 6.60. The Morgan fingerprint density at radius 1 is 1.25 bits per heavy atom. The number of amides is 1. The zero-order chi connectivity index (χ0) is 20.3. The number of rotatable bonds is 6. The van der Waals surface area contributed by atoms with Gasteiger partial charge >= 0.3 is 5.97 Å². The Hall–Kier alpha value is -2.77. The van der Waals surface area contributed by atoms with Gasteiger partial charge < -0.3 is 19.2 Å². The molecule has 2 heterocycles. The minimum Gasteiger partial charge on any atom is -0.494 e. The molecular weight excluding hydrogens is 407 g/mol. The topological polar surface area (TPSA) is 90.7 Å². The van der Waals surface area contributed by atoms with Crippen LogP contribution in [0.15, 0.2) is 34.9 Å². The van der Waals surface area contributed by atoms with Gasteiger partial charge in [0.2, 0.25) is 5.76 Å². The molecule has 7 nitrogen and oxygen atoms in total. The summed E-state index contributed by atoms with van der Waals surface area (Å²) >= 11 is 11.7. The van der Waals surface area contributed by atoms with Crippen LogP contribution in [-0.4, -0.2) is 30.1 Å². The SMILES string of the molecule is CCOc1ccc2oc(C(=O)OCC(=O)Nc3ncc(Cl)cc3Cl)c(C)c2c1. The number of halogens is 2. The summed E-state index contributed by atoms with van der Waals surface area (Å²) in [6, 6.07) is 6.69. The number of aryl methyl sites for hydroxylation is 1. The van der Waals surface area contributed by atoms with Gasteiger partial charge in [-0.1, -0.05) is 23.2 Å². The first kappa shape index (κ1) is 20.0. The van der Waals surface area contributed by atoms with Gasteiger partial charge in [0.1, 0.15) is 11.3 Å². The molecule has 0 atom stereocenters. The van der Waals surface area contributed by atoms with Gasteiger partial charge in [0.25, 0.3) is 5.91 Å². The molecule has 2 aromatic heterocycles. The third-order valence-electron chi connectivity index (χ3n) is 3.80. The van der Waals surface area contributed by atoms with Gasteiger partial charge in [-0.3, -0.25) is 4.79 Å². The van der Waals surface area contributed by atoms with Crippen molar-refractivity contribution in [1.29, 1.82) is 0 Å². The average molecular weight is 423 g/mol. The van der Waals surface area contributed by atoms with E-state index in [-0.39, 0.29) is 16.6 Å². The summed E-state index contributed by atoms with van der Waals surface area (Å²) in [6.07, 6.45) is 1.34. The van der Waals surface area contributed by atoms with E-state index in [0.29, 0.717) is 28.5 Å². The van der Waals surface area contributed by atoms with Crippen LogP contribution in [0.5, 0.6) is 5.75 Å². The first-order chi connectivity index (χ1) is 13.4. The lowest BCUT2D eigenvalue weighted by Crippen LogP contribution is -2.21. The summed E-state index contributed by atoms with van der Waals surface area (Å²) < 4.78 is 16.1. The Bertz CT molecular complexity index is 1050. The highest BCUT2D eigenvalue weighted by molar-refractivity contribution is 6.36. The molecule has 0 bridgehead atoms. The number of anilines is 1. The molecule has 1 N–H and O–H groups in total. The van der Waals surface area contributed by atoms with Crippen LogP contribution < -0.4 is 10.1 Å². The molecule has 3 aromatic rings. The molecule has 9 heteroatoms. The largest absolute Gasteiger partial charge is 0.494 e. The van der Waals surface area contributed by atoms with E-state index in [1.54, 1.807) is 25.1 Å². The number of aromatic nitrogens is 1. The molecule has 0 fully saturated rings. The Morgan fingerprint density at radius 2 is 2.04 bits per heavy atom. The molecule has 0 saturated carbocycles. The van der Waals surface area contributed by atoms with Gasteiger partial charge in [-0.2, -0.15) is 0 Å². The van der Waals surface area contributed by atoms with Crippen molar-refractivity contribution in [2.24, 2.45) is 0 Å². The maximum Gasteiger partial charge on any atom is 0.375 e. The fourth-order valence-electron chi connectivity index (χ4n) is 2.52. The standard InChI is InChI=1S/C19H16Cl2N2O5/c1-3-26-12-4-5-15-13(7-12)10(2)17(28-15)19(25)27-9-16(24)23-18-14(21)6-11(20)8-22-18/h4-8H,3,9H2,1-2H3,(H,22,23,24). The minimum absolute atomic E-state index is 0.0269. The van der Waals surface area contributed by atoms with Crippen LogP contribution in [0.25, 0.3) is 11.0 Å². The molecule has 0 saturated heterocycles. The van der Waals surface area contributed by atoms with Crippen molar-refractivity contribution < 1.29 is 23.5 Å². The number of benzene rings is 1. The zero-order valence-corrected chi connectivity index (χ0v) is 16.6. The molecule has 0 unspecified atom stereocenters. The van der Waals surface area contributed by atoms with Gasteiger partial charge in [0.15, 0.2) is 12.4 Å². The van der Waals surface area contributed by atoms with Gasteiger partial charge in [-0.25, -0.2) is 9.78 Å². The summed E-state index contributed by atoms with van der Waals surface area (Å²) in [5.74, 6) is -0.533. The van der Waals surface area contributed by atoms with E-state index in [9.17, 15) is 9.59 Å². The van der Waals surface area contributed by atoms with E-state index in [2.05, 4.69) is 10.3 Å². The predicted molar refractivity (Wildman–Crippen MR) is 105 cm³/mol. The number of carbonyl (C=O) groups excluding carboxylic acids is 2. The predicted octanol–water partition coefficient (Wildman–Crippen LogP) is 4.64. The van der Waals surface area contributed by atoms with Gasteiger partial charge in [0, 0.05) is 17.1 Å². The third kappa shape index (κ3) is 4.37. The summed E-state index contributed by atoms with van der Waals surface area (Å²) in [5, 5.41) is 3.68. The van der Waals surface area contributed by atoms with E-state index in [1.165, 1.54) is 12.3 Å². The van der Waals surface area contributed by atoms with Crippen molar-refractivity contribution in [2.75, 3.05) is 18.5 Å². The number of carbonyl (C=O) groups is 2. The number of fused-ring (bicyclic) bond motifs is 1. The van der Waals surface area contributed by atoms with E-state index in [0.717, 1.165) is 5.39 Å². The number of nitrogens with zero attached hydrogens (tertiary/aromatic N) is 1. The van der Waals surface area contributed by atoms with Crippen LogP contribution in [0, 0.1) is 6.92 Å². The second-order valence-electron chi connectivity index (χ2n) is 5.76. The van der Waals surface area contributed by atoms with Crippen molar-refractivity contribution in [3.8, 4) is 5.75 Å². The number of pyridine rings is 1. The van der Waals surface area contributed by atoms with Gasteiger partial charge in [-0.05, 0) is 38.1 Å². The molecule has 0 aliphatic heterocycles. The molecule has 28 heavy (non-hydrogen) atoms. The normalized spacial score (nSPS) is 10.7. The lowest BCUT2D eigenvalue weighted by atomic mass is 10.1. The fraction of sp³-hybridized carbons (Fsp3) is 0.211. The Kier molecular flexibility index (Phi) is 6.06. The summed E-state index contributed by atoms with van der Waals surface area (Å²) in [7, 11) is 0. The van der Waals surface area contributed by atoms with Crippen LogP contribution in [0.2, 0.25) is 10.0 Å². The summed E-state index contributed by atoms with van der Waals surface area (Å²) in [4.78, 5) is 28.2. The maximum atomic E-state index is 12.3. The fourth-order valence-corrected chi connectivity index (χ4v) is 2.95. The van der Waals surface area contributed by atoms with Crippen LogP contribution in [0.3, 0.4) is 0 Å². The van der Waals surface area contributed by atoms with E-state index in [1.807, 2.05) is 6.92 Å². The molecule has 1 aromatic carbocycles. The monoisotopic (exact) mass is 422 g/mol. The van der Waals surface area contributed by atoms with Gasteiger partial charge in [0.05, 0.1) is 16.7 Å². The van der Waals surface area contributed by atoms with Crippen molar-refractivity contribution in [3.05, 3.63) is 51.8 Å². The van der Waals surface area contributed by atoms with Crippen molar-refractivity contribution in [3.63, 3.8) is 0 Å². The molecule has 0 spiro atoms. The first-order valence-electron chi connectivity index (χ1n) is 8.33. The van der Waals surface area contributed by atoms with Crippen LogP contribution in [0.1, 0.15) is 23.0 Å². The zero-order valence-electron chi connectivity index (χ0n) is 15.0. The average Bonchev–Trinajstić information content (AvgIpc) is 2.99. The molecule has 146 valence electrons. The lowest BCUT2D eigenvalue weighted by molar-refractivity contribution is -0.119. The lowest BCUT2D eigenvalue weighted by Gasteiger charge is -2.07. The Morgan fingerprint density at radius 3 is 2.75 bits per heavy atom. The van der Waals surface area contributed by atoms with Gasteiger partial charge in [-0.15, -0.1) is 0 Å². The molecule has 0 radical (unpaired) electrons. The van der Waals surface area contributed by atoms with Crippen molar-refractivity contribution in [1.82, 2.24) is 4.98 Å². The van der Waals surface area contributed by atoms with E-state index in [4.69, 9.17) is 37.1 Å². The number of hydrogen-bond acceptors (Lipinski definition) is 6. The highest BCUT2D eigenvalue weighted by Gasteiger charge is 2.21. The molecular formula is C19H16Cl2N2O5. The molecule has 1 amide bonds. The maximum absolute atomic E-state index is 12.3. The van der Waals surface area contributed by atoms with E-state index >= 15 is 0 Å². The molecule has 0 aliphatic carbocycles. The quantitative estimate of drug-likeness (QED) is 0.581. The van der Waals surface area contributed by atoms with Crippen LogP contribution >= 0.6 is 23.2 Å². The summed E-state index contributed by atoms with van der Waals surface area (Å²) in [5.41, 5.74) is 1.12. The highest BCUT2D eigenvalue weighted by atomic mass is 35.5. The van der Waals surface area contributed by atoms with E-state index < -0.39 is 18.5 Å². The van der Waals surface area contributed by atoms with Crippen molar-refractivity contribution >= 4 is 51.9 Å².